The summed E-state index contributed by atoms with van der Waals surface area (Å²) >= 11 is 0. The highest BCUT2D eigenvalue weighted by Gasteiger charge is 2.46. The summed E-state index contributed by atoms with van der Waals surface area (Å²) in [6.07, 6.45) is 12.1. The highest BCUT2D eigenvalue weighted by atomic mass is 16.3. The molecule has 9 nitrogen and oxygen atoms in total. The molecule has 3 amide bonds. The zero-order chi connectivity index (χ0) is 37.7. The molecule has 4 heterocycles. The fourth-order valence-corrected chi connectivity index (χ4v) is 11.3. The Morgan fingerprint density at radius 3 is 2.22 bits per heavy atom. The lowest BCUT2D eigenvalue weighted by molar-refractivity contribution is -0.136. The first kappa shape index (κ1) is 36.3. The fraction of sp³-hybridized carbons (Fsp3) is 0.543. The van der Waals surface area contributed by atoms with Crippen molar-refractivity contribution in [3.05, 3.63) is 88.5 Å². The minimum Gasteiger partial charge on any atom is -0.508 e. The standard InChI is InChI=1S/C46H57N5O4/c1-46(35-5-3-2-4-6-35)20-17-33-28-38(52)12-14-39(33)43(46)32-7-9-36(10-8-32)49-21-18-31(19-22-49)29-48-23-25-50(26-24-48)37-11-13-40-34(27-37)30-51(45(40)55)41-15-16-42(53)47-44(41)54/h7-14,27-28,31,35,41,43,52H,2-6,15-26,29-30H2,1H3,(H,47,53,54)/t41-,43-,46-/m0/s1. The van der Waals surface area contributed by atoms with Gasteiger partial charge in [-0.3, -0.25) is 24.6 Å². The first-order valence-electron chi connectivity index (χ1n) is 21.1. The van der Waals surface area contributed by atoms with Crippen LogP contribution in [0.15, 0.2) is 60.7 Å². The number of benzene rings is 3. The zero-order valence-corrected chi connectivity index (χ0v) is 32.5. The highest BCUT2D eigenvalue weighted by Crippen LogP contribution is 2.56. The van der Waals surface area contributed by atoms with Gasteiger partial charge in [0.25, 0.3) is 5.91 Å². The number of hydrogen-bond donors (Lipinski definition) is 2. The van der Waals surface area contributed by atoms with Gasteiger partial charge in [-0.25, -0.2) is 0 Å². The minimum absolute atomic E-state index is 0.116. The Balaban J connectivity index is 0.783. The Kier molecular flexibility index (Phi) is 9.86. The van der Waals surface area contributed by atoms with Gasteiger partial charge in [0.2, 0.25) is 11.8 Å². The van der Waals surface area contributed by atoms with Crippen molar-refractivity contribution in [3.8, 4) is 5.75 Å². The number of phenols is 1. The van der Waals surface area contributed by atoms with Gasteiger partial charge in [0.15, 0.2) is 0 Å². The molecule has 0 spiro atoms. The summed E-state index contributed by atoms with van der Waals surface area (Å²) in [7, 11) is 0. The number of nitrogens with zero attached hydrogens (tertiary/aromatic N) is 4. The van der Waals surface area contributed by atoms with E-state index >= 15 is 0 Å². The van der Waals surface area contributed by atoms with Crippen molar-refractivity contribution in [2.75, 3.05) is 55.6 Å². The van der Waals surface area contributed by atoms with Gasteiger partial charge in [-0.1, -0.05) is 44.4 Å². The number of imide groups is 1. The predicted molar refractivity (Wildman–Crippen MR) is 215 cm³/mol. The van der Waals surface area contributed by atoms with Crippen LogP contribution in [0, 0.1) is 17.3 Å². The second-order valence-electron chi connectivity index (χ2n) is 17.7. The Labute approximate surface area is 326 Å². The summed E-state index contributed by atoms with van der Waals surface area (Å²) in [5, 5.41) is 12.7. The second kappa shape index (κ2) is 14.9. The van der Waals surface area contributed by atoms with Crippen LogP contribution >= 0.6 is 0 Å². The SMILES string of the molecule is C[C@@]1(C2CCCCC2)CCc2cc(O)ccc2[C@@H]1c1ccc(N2CCC(CN3CCN(c4ccc5c(c4)CN([C@H]4CCC(=O)NC4=O)C5=O)CC3)CC2)cc1. The quantitative estimate of drug-likeness (QED) is 0.256. The Morgan fingerprint density at radius 1 is 0.745 bits per heavy atom. The normalized spacial score (nSPS) is 26.9. The summed E-state index contributed by atoms with van der Waals surface area (Å²) < 4.78 is 0. The Morgan fingerprint density at radius 2 is 1.47 bits per heavy atom. The van der Waals surface area contributed by atoms with Gasteiger partial charge in [0, 0.05) is 81.6 Å². The molecule has 3 aromatic carbocycles. The van der Waals surface area contributed by atoms with Crippen molar-refractivity contribution >= 4 is 29.1 Å². The molecule has 0 unspecified atom stereocenters. The maximum absolute atomic E-state index is 13.2. The van der Waals surface area contributed by atoms with Gasteiger partial charge in [-0.2, -0.15) is 0 Å². The smallest absolute Gasteiger partial charge is 0.255 e. The zero-order valence-electron chi connectivity index (χ0n) is 32.5. The lowest BCUT2D eigenvalue weighted by atomic mass is 9.55. The number of carbonyl (C=O) groups excluding carboxylic acids is 3. The van der Waals surface area contributed by atoms with Gasteiger partial charge < -0.3 is 19.8 Å². The van der Waals surface area contributed by atoms with E-state index in [1.165, 1.54) is 73.7 Å². The van der Waals surface area contributed by atoms with Crippen LogP contribution in [0.4, 0.5) is 11.4 Å². The fourth-order valence-electron chi connectivity index (χ4n) is 11.3. The molecule has 9 rings (SSSR count). The molecule has 0 bridgehead atoms. The number of piperazine rings is 1. The largest absolute Gasteiger partial charge is 0.508 e. The van der Waals surface area contributed by atoms with E-state index in [0.717, 1.165) is 69.4 Å². The number of nitrogens with one attached hydrogen (secondary N) is 1. The average molecular weight is 744 g/mol. The molecular formula is C46H57N5O4. The van der Waals surface area contributed by atoms with E-state index < -0.39 is 6.04 Å². The highest BCUT2D eigenvalue weighted by molar-refractivity contribution is 6.05. The number of aromatic hydroxyl groups is 1. The maximum Gasteiger partial charge on any atom is 0.255 e. The molecule has 2 aliphatic carbocycles. The van der Waals surface area contributed by atoms with Crippen molar-refractivity contribution in [1.29, 1.82) is 0 Å². The number of amides is 3. The van der Waals surface area contributed by atoms with Crippen LogP contribution in [0.3, 0.4) is 0 Å². The molecule has 3 aromatic rings. The summed E-state index contributed by atoms with van der Waals surface area (Å²) in [4.78, 5) is 46.6. The van der Waals surface area contributed by atoms with Crippen LogP contribution in [-0.2, 0) is 22.6 Å². The molecule has 290 valence electrons. The number of piperidine rings is 2. The van der Waals surface area contributed by atoms with Crippen LogP contribution in [0.1, 0.15) is 110 Å². The third kappa shape index (κ3) is 7.02. The van der Waals surface area contributed by atoms with Crippen molar-refractivity contribution in [1.82, 2.24) is 15.1 Å². The average Bonchev–Trinajstić information content (AvgIpc) is 3.53. The van der Waals surface area contributed by atoms with E-state index in [2.05, 4.69) is 69.4 Å². The monoisotopic (exact) mass is 743 g/mol. The Bertz CT molecular complexity index is 1920. The third-order valence-corrected chi connectivity index (χ3v) is 14.5. The Hall–Kier alpha value is -4.37. The van der Waals surface area contributed by atoms with E-state index in [1.54, 1.807) is 4.90 Å². The summed E-state index contributed by atoms with van der Waals surface area (Å²) in [6, 6.07) is 21.2. The van der Waals surface area contributed by atoms with Gasteiger partial charge in [-0.05, 0) is 127 Å². The molecule has 4 aliphatic heterocycles. The molecule has 6 aliphatic rings. The molecule has 0 radical (unpaired) electrons. The van der Waals surface area contributed by atoms with E-state index in [4.69, 9.17) is 0 Å². The lowest BCUT2D eigenvalue weighted by Gasteiger charge is -2.49. The van der Waals surface area contributed by atoms with Crippen molar-refractivity contribution in [3.63, 3.8) is 0 Å². The van der Waals surface area contributed by atoms with Gasteiger partial charge in [-0.15, -0.1) is 0 Å². The third-order valence-electron chi connectivity index (χ3n) is 14.5. The molecule has 9 heteroatoms. The molecule has 0 aromatic heterocycles. The van der Waals surface area contributed by atoms with Crippen LogP contribution in [0.2, 0.25) is 0 Å². The van der Waals surface area contributed by atoms with Crippen molar-refractivity contribution < 1.29 is 19.5 Å². The molecule has 1 saturated carbocycles. The van der Waals surface area contributed by atoms with Crippen molar-refractivity contribution in [2.24, 2.45) is 17.3 Å². The van der Waals surface area contributed by atoms with Gasteiger partial charge in [0.1, 0.15) is 11.8 Å². The number of rotatable bonds is 7. The maximum atomic E-state index is 13.2. The van der Waals surface area contributed by atoms with E-state index in [0.29, 0.717) is 36.1 Å². The first-order valence-corrected chi connectivity index (χ1v) is 21.1. The number of fused-ring (bicyclic) bond motifs is 2. The molecule has 55 heavy (non-hydrogen) atoms. The molecule has 3 saturated heterocycles. The molecule has 3 atom stereocenters. The van der Waals surface area contributed by atoms with Crippen LogP contribution in [0.25, 0.3) is 0 Å². The number of anilines is 2. The van der Waals surface area contributed by atoms with Crippen molar-refractivity contribution in [2.45, 2.75) is 96.1 Å². The van der Waals surface area contributed by atoms with Crippen LogP contribution in [0.5, 0.6) is 5.75 Å². The molecule has 2 N–H and O–H groups in total. The summed E-state index contributed by atoms with van der Waals surface area (Å²) in [5.41, 5.74) is 8.53. The first-order chi connectivity index (χ1) is 26.7. The summed E-state index contributed by atoms with van der Waals surface area (Å²) in [6.45, 7) is 10.3. The van der Waals surface area contributed by atoms with Gasteiger partial charge in [0.05, 0.1) is 0 Å². The number of phenolic OH excluding ortho intramolecular Hbond substituents is 1. The van der Waals surface area contributed by atoms with Crippen LogP contribution < -0.4 is 15.1 Å². The number of aryl methyl sites for hydroxylation is 1. The topological polar surface area (TPSA) is 96.4 Å². The lowest BCUT2D eigenvalue weighted by Crippen LogP contribution is -2.52. The number of carbonyl (C=O) groups is 3. The number of hydrogen-bond acceptors (Lipinski definition) is 7. The van der Waals surface area contributed by atoms with Gasteiger partial charge >= 0.3 is 0 Å². The van der Waals surface area contributed by atoms with E-state index in [9.17, 15) is 19.5 Å². The van der Waals surface area contributed by atoms with E-state index in [-0.39, 0.29) is 29.6 Å². The predicted octanol–water partition coefficient (Wildman–Crippen LogP) is 6.86. The second-order valence-corrected chi connectivity index (χ2v) is 17.7. The molecular weight excluding hydrogens is 687 g/mol. The molecule has 4 fully saturated rings. The summed E-state index contributed by atoms with van der Waals surface area (Å²) in [5.74, 6) is 1.46. The van der Waals surface area contributed by atoms with Crippen LogP contribution in [-0.4, -0.2) is 84.5 Å². The van der Waals surface area contributed by atoms with E-state index in [1.807, 2.05) is 18.2 Å². The minimum atomic E-state index is -0.581.